The Kier molecular flexibility index (Phi) is 11.2. The van der Waals surface area contributed by atoms with Crippen molar-refractivity contribution in [2.45, 2.75) is 52.5 Å². The molecule has 4 heterocycles. The number of nitrogens with zero attached hydrogens (tertiary/aromatic N) is 5. The van der Waals surface area contributed by atoms with Crippen LogP contribution in [0, 0.1) is 5.92 Å². The number of likely N-dealkylation sites (tertiary alicyclic amines) is 1. The molecule has 4 aromatic rings. The van der Waals surface area contributed by atoms with Gasteiger partial charge in [0.15, 0.2) is 5.82 Å². The number of imidazole rings is 1. The predicted octanol–water partition coefficient (Wildman–Crippen LogP) is 5.76. The van der Waals surface area contributed by atoms with Gasteiger partial charge in [0.1, 0.15) is 29.1 Å². The standard InChI is InChI=1S/C21H23N5O2.C6H8N2.C4H10/c1-14-3-6-17(11-25(14)13-28)21-24-18(16-7-4-15(12-27)5-8-16)19-20(22-2)23-9-10-26(19)21;1-7-6-4-2-3-5-8-6;1-4(2)3/h4-5,7-10,12-14,17H,3,6,11H2,1-2H3,(H,22,23);2-5H,1H3,(H,7,8);4H,1-3H3. The smallest absolute Gasteiger partial charge is 0.209 e. The average molecular weight is 544 g/mol. The minimum Gasteiger partial charge on any atom is -0.373 e. The molecule has 0 bridgehead atoms. The van der Waals surface area contributed by atoms with Gasteiger partial charge >= 0.3 is 0 Å². The van der Waals surface area contributed by atoms with Crippen molar-refractivity contribution in [2.24, 2.45) is 5.92 Å². The van der Waals surface area contributed by atoms with Crippen LogP contribution < -0.4 is 10.6 Å². The van der Waals surface area contributed by atoms with Crippen molar-refractivity contribution in [1.29, 1.82) is 0 Å². The van der Waals surface area contributed by atoms with E-state index in [4.69, 9.17) is 4.98 Å². The Labute approximate surface area is 237 Å². The van der Waals surface area contributed by atoms with Crippen LogP contribution in [0.5, 0.6) is 0 Å². The van der Waals surface area contributed by atoms with E-state index in [1.165, 1.54) is 0 Å². The van der Waals surface area contributed by atoms with Gasteiger partial charge in [-0.05, 0) is 37.8 Å². The lowest BCUT2D eigenvalue weighted by Gasteiger charge is -2.34. The number of carbonyl (C=O) groups is 2. The van der Waals surface area contributed by atoms with Gasteiger partial charge in [-0.25, -0.2) is 15.0 Å². The number of amides is 1. The third kappa shape index (κ3) is 7.65. The van der Waals surface area contributed by atoms with Gasteiger partial charge in [0.25, 0.3) is 0 Å². The van der Waals surface area contributed by atoms with Crippen molar-refractivity contribution in [3.05, 3.63) is 72.4 Å². The minimum atomic E-state index is 0.156. The molecule has 3 aromatic heterocycles. The summed E-state index contributed by atoms with van der Waals surface area (Å²) < 4.78 is 2.07. The normalized spacial score (nSPS) is 16.3. The number of hydrogen-bond acceptors (Lipinski definition) is 7. The number of piperidine rings is 1. The zero-order chi connectivity index (χ0) is 29.1. The summed E-state index contributed by atoms with van der Waals surface area (Å²) in [4.78, 5) is 37.7. The molecule has 1 amide bonds. The lowest BCUT2D eigenvalue weighted by molar-refractivity contribution is -0.121. The van der Waals surface area contributed by atoms with Crippen LogP contribution in [-0.2, 0) is 4.79 Å². The summed E-state index contributed by atoms with van der Waals surface area (Å²) in [5, 5.41) is 6.07. The van der Waals surface area contributed by atoms with Gasteiger partial charge in [-0.1, -0.05) is 51.1 Å². The van der Waals surface area contributed by atoms with Crippen LogP contribution in [-0.4, -0.2) is 63.6 Å². The van der Waals surface area contributed by atoms with Gasteiger partial charge in [-0.2, -0.15) is 0 Å². The number of anilines is 2. The van der Waals surface area contributed by atoms with Crippen molar-refractivity contribution < 1.29 is 9.59 Å². The Bertz CT molecular complexity index is 1350. The summed E-state index contributed by atoms with van der Waals surface area (Å²) in [6.45, 7) is 9.24. The van der Waals surface area contributed by atoms with Crippen molar-refractivity contribution in [2.75, 3.05) is 31.3 Å². The number of aromatic nitrogens is 4. The first kappa shape index (κ1) is 30.3. The highest BCUT2D eigenvalue weighted by molar-refractivity contribution is 5.87. The van der Waals surface area contributed by atoms with Crippen molar-refractivity contribution in [1.82, 2.24) is 24.3 Å². The fraction of sp³-hybridized carbons (Fsp3) is 0.387. The van der Waals surface area contributed by atoms with Crippen molar-refractivity contribution >= 4 is 29.8 Å². The summed E-state index contributed by atoms with van der Waals surface area (Å²) in [5.41, 5.74) is 3.27. The van der Waals surface area contributed by atoms with Crippen LogP contribution in [0.15, 0.2) is 61.1 Å². The first-order valence-corrected chi connectivity index (χ1v) is 13.7. The van der Waals surface area contributed by atoms with Gasteiger partial charge in [-0.15, -0.1) is 0 Å². The molecule has 2 unspecified atom stereocenters. The van der Waals surface area contributed by atoms with Gasteiger partial charge in [0.2, 0.25) is 6.41 Å². The summed E-state index contributed by atoms with van der Waals surface area (Å²) in [6, 6.07) is 13.4. The van der Waals surface area contributed by atoms with E-state index in [1.807, 2.05) is 55.5 Å². The number of hydrogen-bond donors (Lipinski definition) is 2. The topological polar surface area (TPSA) is 105 Å². The number of rotatable bonds is 6. The largest absolute Gasteiger partial charge is 0.373 e. The van der Waals surface area contributed by atoms with E-state index in [1.54, 1.807) is 24.5 Å². The van der Waals surface area contributed by atoms with Crippen LogP contribution in [0.1, 0.15) is 62.6 Å². The third-order valence-corrected chi connectivity index (χ3v) is 6.49. The summed E-state index contributed by atoms with van der Waals surface area (Å²) in [7, 11) is 3.69. The lowest BCUT2D eigenvalue weighted by atomic mass is 9.93. The number of nitrogens with one attached hydrogen (secondary N) is 2. The average Bonchev–Trinajstić information content (AvgIpc) is 3.38. The van der Waals surface area contributed by atoms with Gasteiger partial charge < -0.3 is 15.5 Å². The molecule has 0 radical (unpaired) electrons. The summed E-state index contributed by atoms with van der Waals surface area (Å²) in [5.74, 6) is 3.57. The highest BCUT2D eigenvalue weighted by Gasteiger charge is 2.30. The molecular weight excluding hydrogens is 502 g/mol. The van der Waals surface area contributed by atoms with E-state index in [0.717, 1.165) is 65.7 Å². The van der Waals surface area contributed by atoms with Crippen molar-refractivity contribution in [3.8, 4) is 11.3 Å². The second-order valence-electron chi connectivity index (χ2n) is 10.4. The summed E-state index contributed by atoms with van der Waals surface area (Å²) >= 11 is 0. The van der Waals surface area contributed by atoms with E-state index >= 15 is 0 Å². The molecule has 0 spiro atoms. The van der Waals surface area contributed by atoms with Crippen LogP contribution in [0.4, 0.5) is 11.6 Å². The molecule has 1 fully saturated rings. The molecular formula is C31H41N7O2. The van der Waals surface area contributed by atoms with Gasteiger partial charge in [0.05, 0.1) is 0 Å². The first-order valence-electron chi connectivity index (χ1n) is 13.7. The molecule has 2 atom stereocenters. The maximum atomic E-state index is 11.4. The molecule has 1 saturated heterocycles. The maximum absolute atomic E-state index is 11.4. The molecule has 1 aromatic carbocycles. The minimum absolute atomic E-state index is 0.156. The molecule has 40 heavy (non-hydrogen) atoms. The number of fused-ring (bicyclic) bond motifs is 1. The molecule has 1 aliphatic rings. The molecule has 212 valence electrons. The SMILES string of the molecule is CC(C)C.CNc1ccccn1.CNc1nccn2c(C3CCC(C)N(C=O)C3)nc(-c3ccc(C=O)cc3)c12. The predicted molar refractivity (Wildman–Crippen MR) is 162 cm³/mol. The fourth-order valence-electron chi connectivity index (χ4n) is 4.46. The van der Waals surface area contributed by atoms with Crippen LogP contribution >= 0.6 is 0 Å². The molecule has 9 heteroatoms. The lowest BCUT2D eigenvalue weighted by Crippen LogP contribution is -2.40. The quantitative estimate of drug-likeness (QED) is 0.298. The maximum Gasteiger partial charge on any atom is 0.209 e. The Balaban J connectivity index is 0.000000306. The van der Waals surface area contributed by atoms with Crippen LogP contribution in [0.2, 0.25) is 0 Å². The number of pyridine rings is 1. The fourth-order valence-corrected chi connectivity index (χ4v) is 4.46. The van der Waals surface area contributed by atoms with Crippen molar-refractivity contribution in [3.63, 3.8) is 0 Å². The Morgan fingerprint density at radius 2 is 1.68 bits per heavy atom. The molecule has 1 aliphatic heterocycles. The molecule has 9 nitrogen and oxygen atoms in total. The molecule has 0 aliphatic carbocycles. The monoisotopic (exact) mass is 543 g/mol. The molecule has 2 N–H and O–H groups in total. The van der Waals surface area contributed by atoms with Crippen LogP contribution in [0.3, 0.4) is 0 Å². The first-order chi connectivity index (χ1) is 19.3. The van der Waals surface area contributed by atoms with E-state index in [9.17, 15) is 9.59 Å². The second-order valence-corrected chi connectivity index (χ2v) is 10.4. The third-order valence-electron chi connectivity index (χ3n) is 6.49. The Morgan fingerprint density at radius 1 is 0.950 bits per heavy atom. The Morgan fingerprint density at radius 3 is 2.23 bits per heavy atom. The van der Waals surface area contributed by atoms with E-state index < -0.39 is 0 Å². The zero-order valence-electron chi connectivity index (χ0n) is 24.3. The van der Waals surface area contributed by atoms with E-state index in [-0.39, 0.29) is 12.0 Å². The van der Waals surface area contributed by atoms with E-state index in [0.29, 0.717) is 12.1 Å². The number of carbonyl (C=O) groups excluding carboxylic acids is 2. The zero-order valence-corrected chi connectivity index (χ0v) is 24.3. The number of benzene rings is 1. The van der Waals surface area contributed by atoms with Crippen LogP contribution in [0.25, 0.3) is 16.8 Å². The number of aldehydes is 1. The van der Waals surface area contributed by atoms with Gasteiger partial charge in [0, 0.05) is 62.3 Å². The highest BCUT2D eigenvalue weighted by Crippen LogP contribution is 2.35. The molecule has 5 rings (SSSR count). The highest BCUT2D eigenvalue weighted by atomic mass is 16.1. The van der Waals surface area contributed by atoms with Gasteiger partial charge in [-0.3, -0.25) is 14.0 Å². The molecule has 0 saturated carbocycles. The summed E-state index contributed by atoms with van der Waals surface area (Å²) in [6.07, 6.45) is 9.13. The van der Waals surface area contributed by atoms with E-state index in [2.05, 4.69) is 52.7 Å². The second kappa shape index (κ2) is 14.8. The Hall–Kier alpha value is -4.27.